The molecule has 0 radical (unpaired) electrons. The lowest BCUT2D eigenvalue weighted by Crippen LogP contribution is -2.37. The largest absolute Gasteiger partial charge is 0.505 e. The molecule has 0 unspecified atom stereocenters. The molecule has 2 aromatic heterocycles. The van der Waals surface area contributed by atoms with E-state index in [0.717, 1.165) is 54.7 Å². The molecule has 10 rings (SSSR count). The van der Waals surface area contributed by atoms with Gasteiger partial charge in [0.05, 0.1) is 79.0 Å². The van der Waals surface area contributed by atoms with Gasteiger partial charge in [0.15, 0.2) is 0 Å². The second-order valence-electron chi connectivity index (χ2n) is 26.2. The summed E-state index contributed by atoms with van der Waals surface area (Å²) in [6.45, 7) is 36.2. The highest BCUT2D eigenvalue weighted by molar-refractivity contribution is 6.90. The first-order valence-electron chi connectivity index (χ1n) is 27.7. The summed E-state index contributed by atoms with van der Waals surface area (Å²) in [6.07, 6.45) is 0.420. The summed E-state index contributed by atoms with van der Waals surface area (Å²) in [5, 5.41) is 35.0. The van der Waals surface area contributed by atoms with Crippen LogP contribution in [0.5, 0.6) is 23.0 Å². The molecule has 0 bridgehead atoms. The van der Waals surface area contributed by atoms with E-state index in [1.807, 2.05) is 52.0 Å². The van der Waals surface area contributed by atoms with Crippen molar-refractivity contribution >= 4 is 96.7 Å². The number of nitrogens with zero attached hydrogens (tertiary/aromatic N) is 2. The number of benzene rings is 8. The Hall–Kier alpha value is -6.71. The average molecular weight is 1120 g/mol. The molecule has 0 aliphatic heterocycles. The zero-order valence-electron chi connectivity index (χ0n) is 49.0. The van der Waals surface area contributed by atoms with E-state index >= 15 is 8.78 Å². The maximum atomic E-state index is 15.7. The molecular formula is C67H76F2N2O4Si4. The molecule has 0 saturated heterocycles. The standard InChI is InChI=1S/C67H76F2N2O4Si4/c1-40-28-54(64(72)62(30-40)70-58-36-46(76(5,6)7)18-22-50(58)51-23-19-47(37-59(51)70)77(8,9)10)56-34-44(68)32-42(3)66(56)74-26-17-27-75-67-43(4)33-45(69)35-57(67)55-29-41(2)31-63(65(55)73)71-60-38-48(78(11,12)13)20-24-52(60)53-25-21-49(39-61(53)71)79(14,15)16/h18-25,28-39,72-73H,17,26-27H2,1-16H3. The van der Waals surface area contributed by atoms with Crippen molar-refractivity contribution in [1.82, 2.24) is 9.13 Å². The van der Waals surface area contributed by atoms with Crippen LogP contribution in [0.3, 0.4) is 0 Å². The molecule has 8 aromatic carbocycles. The minimum Gasteiger partial charge on any atom is -0.505 e. The molecule has 0 fully saturated rings. The van der Waals surface area contributed by atoms with Gasteiger partial charge < -0.3 is 28.8 Å². The molecule has 12 heteroatoms. The van der Waals surface area contributed by atoms with Gasteiger partial charge in [0.2, 0.25) is 0 Å². The van der Waals surface area contributed by atoms with Gasteiger partial charge in [-0.05, 0) is 123 Å². The highest BCUT2D eigenvalue weighted by Crippen LogP contribution is 2.47. The normalized spacial score (nSPS) is 12.7. The minimum atomic E-state index is -1.74. The number of hydrogen-bond donors (Lipinski definition) is 2. The van der Waals surface area contributed by atoms with E-state index in [-0.39, 0.29) is 24.7 Å². The van der Waals surface area contributed by atoms with Crippen LogP contribution in [-0.2, 0) is 0 Å². The SMILES string of the molecule is Cc1cc(-c2cc(F)cc(C)c2OCCCOc2c(C)cc(F)cc2-c2cc(C)cc(-n3c4cc([Si](C)(C)C)ccc4c4ccc([Si](C)(C)C)cc43)c2O)c(O)c(-n2c3cc([Si](C)(C)C)ccc3c3ccc([Si](C)(C)C)cc32)c1. The van der Waals surface area contributed by atoms with Crippen LogP contribution < -0.4 is 30.2 Å². The fraction of sp³-hybridized carbons (Fsp3) is 0.284. The lowest BCUT2D eigenvalue weighted by Gasteiger charge is -2.21. The summed E-state index contributed by atoms with van der Waals surface area (Å²) in [5.41, 5.74) is 10.2. The molecule has 2 heterocycles. The zero-order valence-corrected chi connectivity index (χ0v) is 53.0. The summed E-state index contributed by atoms with van der Waals surface area (Å²) >= 11 is 0. The molecule has 408 valence electrons. The van der Waals surface area contributed by atoms with Crippen molar-refractivity contribution in [2.45, 2.75) is 113 Å². The van der Waals surface area contributed by atoms with E-state index in [9.17, 15) is 10.2 Å². The third-order valence-corrected chi connectivity index (χ3v) is 24.0. The summed E-state index contributed by atoms with van der Waals surface area (Å²) in [5.74, 6) is 0.128. The van der Waals surface area contributed by atoms with Crippen molar-refractivity contribution in [2.24, 2.45) is 0 Å². The van der Waals surface area contributed by atoms with Crippen LogP contribution in [0.2, 0.25) is 78.6 Å². The van der Waals surface area contributed by atoms with Crippen LogP contribution in [-0.4, -0.2) is 64.9 Å². The predicted molar refractivity (Wildman–Crippen MR) is 342 cm³/mol. The third-order valence-electron chi connectivity index (χ3n) is 15.8. The van der Waals surface area contributed by atoms with E-state index in [2.05, 4.69) is 160 Å². The van der Waals surface area contributed by atoms with Crippen LogP contribution in [0, 0.1) is 39.3 Å². The number of aromatic hydroxyl groups is 2. The number of hydrogen-bond acceptors (Lipinski definition) is 4. The van der Waals surface area contributed by atoms with Crippen molar-refractivity contribution in [1.29, 1.82) is 0 Å². The first-order chi connectivity index (χ1) is 37.0. The number of phenolic OH excluding ortho intramolecular Hbond substituents is 2. The predicted octanol–water partition coefficient (Wildman–Crippen LogP) is 16.2. The van der Waals surface area contributed by atoms with Crippen LogP contribution in [0.1, 0.15) is 28.7 Å². The zero-order chi connectivity index (χ0) is 57.0. The summed E-state index contributed by atoms with van der Waals surface area (Å²) < 4.78 is 49.1. The first-order valence-corrected chi connectivity index (χ1v) is 41.7. The fourth-order valence-electron chi connectivity index (χ4n) is 11.3. The van der Waals surface area contributed by atoms with Gasteiger partial charge in [0.25, 0.3) is 0 Å². The molecular weight excluding hydrogens is 1050 g/mol. The number of halogens is 2. The lowest BCUT2D eigenvalue weighted by molar-refractivity contribution is 0.246. The molecule has 79 heavy (non-hydrogen) atoms. The van der Waals surface area contributed by atoms with Crippen LogP contribution in [0.25, 0.3) is 77.2 Å². The quantitative estimate of drug-likeness (QED) is 0.0841. The molecule has 0 atom stereocenters. The number of aromatic nitrogens is 2. The molecule has 0 spiro atoms. The Labute approximate surface area is 469 Å². The Bertz CT molecular complexity index is 3690. The van der Waals surface area contributed by atoms with Gasteiger partial charge in [-0.25, -0.2) is 8.78 Å². The van der Waals surface area contributed by atoms with Gasteiger partial charge in [-0.15, -0.1) is 0 Å². The molecule has 10 aromatic rings. The second kappa shape index (κ2) is 20.1. The summed E-state index contributed by atoms with van der Waals surface area (Å²) in [6, 6.07) is 40.8. The second-order valence-corrected chi connectivity index (χ2v) is 46.5. The monoisotopic (exact) mass is 1120 g/mol. The maximum Gasteiger partial charge on any atom is 0.147 e. The van der Waals surface area contributed by atoms with E-state index < -0.39 is 43.9 Å². The Morgan fingerprint density at radius 3 is 0.949 bits per heavy atom. The van der Waals surface area contributed by atoms with E-state index in [1.54, 1.807) is 0 Å². The molecule has 6 nitrogen and oxygen atoms in total. The number of aryl methyl sites for hydroxylation is 4. The van der Waals surface area contributed by atoms with Crippen LogP contribution >= 0.6 is 0 Å². The Balaban J connectivity index is 0.991. The van der Waals surface area contributed by atoms with E-state index in [0.29, 0.717) is 62.7 Å². The van der Waals surface area contributed by atoms with Gasteiger partial charge in [0.1, 0.15) is 34.6 Å². The Kier molecular flexibility index (Phi) is 14.2. The van der Waals surface area contributed by atoms with Crippen molar-refractivity contribution in [3.8, 4) is 56.6 Å². The smallest absolute Gasteiger partial charge is 0.147 e. The van der Waals surface area contributed by atoms with Crippen LogP contribution in [0.4, 0.5) is 8.78 Å². The average Bonchev–Trinajstić information content (AvgIpc) is 3.97. The lowest BCUT2D eigenvalue weighted by atomic mass is 9.97. The highest BCUT2D eigenvalue weighted by Gasteiger charge is 2.28. The summed E-state index contributed by atoms with van der Waals surface area (Å²) in [7, 11) is -6.95. The number of rotatable bonds is 14. The van der Waals surface area contributed by atoms with E-state index in [1.165, 1.54) is 45.0 Å². The number of ether oxygens (including phenoxy) is 2. The maximum absolute atomic E-state index is 15.7. The van der Waals surface area contributed by atoms with Gasteiger partial charge in [-0.2, -0.15) is 0 Å². The first kappa shape index (κ1) is 55.6. The highest BCUT2D eigenvalue weighted by atomic mass is 28.3. The Morgan fingerprint density at radius 1 is 0.380 bits per heavy atom. The number of phenols is 2. The van der Waals surface area contributed by atoms with Crippen LogP contribution in [0.15, 0.2) is 121 Å². The van der Waals surface area contributed by atoms with Gasteiger partial charge in [-0.3, -0.25) is 0 Å². The molecule has 2 N–H and O–H groups in total. The minimum absolute atomic E-state index is 0.0343. The third kappa shape index (κ3) is 10.4. The van der Waals surface area contributed by atoms with Crippen molar-refractivity contribution in [3.63, 3.8) is 0 Å². The van der Waals surface area contributed by atoms with Crippen molar-refractivity contribution in [3.05, 3.63) is 155 Å². The van der Waals surface area contributed by atoms with Crippen molar-refractivity contribution in [2.75, 3.05) is 13.2 Å². The molecule has 0 amide bonds. The van der Waals surface area contributed by atoms with Gasteiger partial charge in [-0.1, -0.05) is 148 Å². The van der Waals surface area contributed by atoms with Crippen molar-refractivity contribution < 1.29 is 28.5 Å². The van der Waals surface area contributed by atoms with Gasteiger partial charge >= 0.3 is 0 Å². The topological polar surface area (TPSA) is 68.8 Å². The van der Waals surface area contributed by atoms with Gasteiger partial charge in [0, 0.05) is 50.2 Å². The molecule has 0 aliphatic carbocycles. The molecule has 0 aliphatic rings. The molecule has 0 saturated carbocycles. The fourth-order valence-corrected chi connectivity index (χ4v) is 16.0. The number of fused-ring (bicyclic) bond motifs is 6. The summed E-state index contributed by atoms with van der Waals surface area (Å²) in [4.78, 5) is 0. The Morgan fingerprint density at radius 2 is 0.671 bits per heavy atom. The van der Waals surface area contributed by atoms with E-state index in [4.69, 9.17) is 9.47 Å².